The highest BCUT2D eigenvalue weighted by molar-refractivity contribution is 7.86. The highest BCUT2D eigenvalue weighted by Crippen LogP contribution is 2.42. The number of rotatable bonds is 3. The number of amides is 1. The van der Waals surface area contributed by atoms with Crippen LogP contribution >= 0.6 is 11.6 Å². The Kier molecular flexibility index (Phi) is 4.40. The first-order valence-electron chi connectivity index (χ1n) is 6.07. The summed E-state index contributed by atoms with van der Waals surface area (Å²) in [6, 6.07) is 3.36. The molecular formula is C12H10ClF4NO3S. The van der Waals surface area contributed by atoms with Crippen molar-refractivity contribution in [2.24, 2.45) is 5.92 Å². The molecule has 1 aliphatic rings. The molecule has 0 saturated carbocycles. The summed E-state index contributed by atoms with van der Waals surface area (Å²) in [6.45, 7) is -0.314. The van der Waals surface area contributed by atoms with Crippen LogP contribution < -0.4 is 4.90 Å². The van der Waals surface area contributed by atoms with Crippen molar-refractivity contribution >= 4 is 33.4 Å². The molecule has 1 aromatic rings. The lowest BCUT2D eigenvalue weighted by Crippen LogP contribution is -2.28. The number of alkyl halides is 3. The van der Waals surface area contributed by atoms with Gasteiger partial charge in [-0.15, -0.1) is 3.89 Å². The van der Waals surface area contributed by atoms with E-state index in [2.05, 4.69) is 0 Å². The average Bonchev–Trinajstić information content (AvgIpc) is 2.65. The summed E-state index contributed by atoms with van der Waals surface area (Å²) < 4.78 is 73.2. The normalized spacial score (nSPS) is 19.8. The minimum absolute atomic E-state index is 0.314. The standard InChI is InChI=1S/C12H10ClF4NO3S/c13-8-2-1-3-9(11(8)12(14,15)16)18-5-7(4-10(18)19)6-22(17,20)21/h1-3,7H,4-6H2. The van der Waals surface area contributed by atoms with Gasteiger partial charge in [0, 0.05) is 18.9 Å². The molecule has 1 saturated heterocycles. The summed E-state index contributed by atoms with van der Waals surface area (Å²) in [5.74, 6) is -2.51. The van der Waals surface area contributed by atoms with Gasteiger partial charge in [0.2, 0.25) is 5.91 Å². The molecule has 1 amide bonds. The predicted molar refractivity (Wildman–Crippen MR) is 71.8 cm³/mol. The molecule has 1 heterocycles. The van der Waals surface area contributed by atoms with Gasteiger partial charge in [-0.3, -0.25) is 4.79 Å². The highest BCUT2D eigenvalue weighted by Gasteiger charge is 2.41. The Morgan fingerprint density at radius 3 is 2.50 bits per heavy atom. The van der Waals surface area contributed by atoms with Crippen molar-refractivity contribution in [3.05, 3.63) is 28.8 Å². The molecule has 0 bridgehead atoms. The molecule has 0 aromatic heterocycles. The second kappa shape index (κ2) is 5.69. The van der Waals surface area contributed by atoms with Gasteiger partial charge in [-0.25, -0.2) is 0 Å². The summed E-state index contributed by atoms with van der Waals surface area (Å²) in [7, 11) is -4.81. The smallest absolute Gasteiger partial charge is 0.311 e. The Morgan fingerprint density at radius 1 is 1.32 bits per heavy atom. The number of carbonyl (C=O) groups excluding carboxylic acids is 1. The van der Waals surface area contributed by atoms with Crippen molar-refractivity contribution in [3.63, 3.8) is 0 Å². The van der Waals surface area contributed by atoms with Gasteiger partial charge in [-0.1, -0.05) is 17.7 Å². The quantitative estimate of drug-likeness (QED) is 0.616. The van der Waals surface area contributed by atoms with Gasteiger partial charge in [0.25, 0.3) is 0 Å². The number of carbonyl (C=O) groups is 1. The van der Waals surface area contributed by atoms with Crippen molar-refractivity contribution in [3.8, 4) is 0 Å². The van der Waals surface area contributed by atoms with Gasteiger partial charge in [0.15, 0.2) is 0 Å². The maximum Gasteiger partial charge on any atom is 0.419 e. The van der Waals surface area contributed by atoms with Gasteiger partial charge >= 0.3 is 16.4 Å². The van der Waals surface area contributed by atoms with Gasteiger partial charge < -0.3 is 4.90 Å². The molecule has 1 aliphatic heterocycles. The molecule has 122 valence electrons. The minimum atomic E-state index is -4.81. The fraction of sp³-hybridized carbons (Fsp3) is 0.417. The lowest BCUT2D eigenvalue weighted by atomic mass is 10.1. The van der Waals surface area contributed by atoms with Crippen LogP contribution in [-0.4, -0.2) is 26.6 Å². The Hall–Kier alpha value is -1.35. The van der Waals surface area contributed by atoms with Crippen LogP contribution in [0.5, 0.6) is 0 Å². The van der Waals surface area contributed by atoms with E-state index in [4.69, 9.17) is 11.6 Å². The van der Waals surface area contributed by atoms with Crippen molar-refractivity contribution in [1.29, 1.82) is 0 Å². The van der Waals surface area contributed by atoms with Crippen LogP contribution in [0.4, 0.5) is 22.7 Å². The van der Waals surface area contributed by atoms with E-state index in [1.54, 1.807) is 0 Å². The van der Waals surface area contributed by atoms with Crippen molar-refractivity contribution in [2.45, 2.75) is 12.6 Å². The van der Waals surface area contributed by atoms with Crippen LogP contribution in [0, 0.1) is 5.92 Å². The first kappa shape index (κ1) is 17.0. The molecular weight excluding hydrogens is 350 g/mol. The molecule has 0 N–H and O–H groups in total. The summed E-state index contributed by atoms with van der Waals surface area (Å²) in [6.07, 6.45) is -5.12. The second-order valence-electron chi connectivity index (χ2n) is 4.91. The maximum absolute atomic E-state index is 13.1. The zero-order valence-electron chi connectivity index (χ0n) is 10.9. The molecule has 0 radical (unpaired) electrons. The Balaban J connectivity index is 2.38. The Labute approximate surface area is 128 Å². The lowest BCUT2D eigenvalue weighted by molar-refractivity contribution is -0.137. The van der Waals surface area contributed by atoms with Gasteiger partial charge in [0.05, 0.1) is 22.0 Å². The third-order valence-electron chi connectivity index (χ3n) is 3.21. The molecule has 1 atom stereocenters. The molecule has 22 heavy (non-hydrogen) atoms. The first-order valence-corrected chi connectivity index (χ1v) is 8.00. The number of hydrogen-bond acceptors (Lipinski definition) is 3. The Bertz CT molecular complexity index is 705. The molecule has 1 fully saturated rings. The zero-order chi connectivity index (χ0) is 16.7. The number of benzene rings is 1. The van der Waals surface area contributed by atoms with Gasteiger partial charge in [0.1, 0.15) is 0 Å². The topological polar surface area (TPSA) is 54.5 Å². The third kappa shape index (κ3) is 3.70. The van der Waals surface area contributed by atoms with E-state index in [9.17, 15) is 30.3 Å². The largest absolute Gasteiger partial charge is 0.419 e. The van der Waals surface area contributed by atoms with E-state index in [0.717, 1.165) is 17.0 Å². The molecule has 2 rings (SSSR count). The van der Waals surface area contributed by atoms with Crippen molar-refractivity contribution < 1.29 is 30.3 Å². The molecule has 4 nitrogen and oxygen atoms in total. The fourth-order valence-corrected chi connectivity index (χ4v) is 3.49. The van der Waals surface area contributed by atoms with Crippen LogP contribution in [0.3, 0.4) is 0 Å². The van der Waals surface area contributed by atoms with Gasteiger partial charge in [-0.2, -0.15) is 21.6 Å². The van der Waals surface area contributed by atoms with Gasteiger partial charge in [-0.05, 0) is 12.1 Å². The van der Waals surface area contributed by atoms with E-state index in [1.165, 1.54) is 6.07 Å². The molecule has 0 aliphatic carbocycles. The van der Waals surface area contributed by atoms with Crippen LogP contribution in [0.1, 0.15) is 12.0 Å². The average molecular weight is 360 g/mol. The minimum Gasteiger partial charge on any atom is -0.311 e. The molecule has 10 heteroatoms. The molecule has 0 spiro atoms. The zero-order valence-corrected chi connectivity index (χ0v) is 12.5. The van der Waals surface area contributed by atoms with E-state index in [0.29, 0.717) is 0 Å². The summed E-state index contributed by atoms with van der Waals surface area (Å²) in [5.41, 5.74) is -1.63. The summed E-state index contributed by atoms with van der Waals surface area (Å²) >= 11 is 5.57. The van der Waals surface area contributed by atoms with E-state index < -0.39 is 50.3 Å². The summed E-state index contributed by atoms with van der Waals surface area (Å²) in [4.78, 5) is 12.7. The highest BCUT2D eigenvalue weighted by atomic mass is 35.5. The maximum atomic E-state index is 13.1. The monoisotopic (exact) mass is 359 g/mol. The van der Waals surface area contributed by atoms with Crippen LogP contribution in [-0.2, 0) is 21.2 Å². The van der Waals surface area contributed by atoms with E-state index >= 15 is 0 Å². The van der Waals surface area contributed by atoms with Crippen molar-refractivity contribution in [2.75, 3.05) is 17.2 Å². The lowest BCUT2D eigenvalue weighted by Gasteiger charge is -2.22. The van der Waals surface area contributed by atoms with Crippen molar-refractivity contribution in [1.82, 2.24) is 0 Å². The first-order chi connectivity index (χ1) is 9.99. The van der Waals surface area contributed by atoms with Crippen LogP contribution in [0.15, 0.2) is 18.2 Å². The fourth-order valence-electron chi connectivity index (χ4n) is 2.43. The predicted octanol–water partition coefficient (Wildman–Crippen LogP) is 3.01. The second-order valence-corrected chi connectivity index (χ2v) is 6.73. The number of nitrogens with zero attached hydrogens (tertiary/aromatic N) is 1. The third-order valence-corrected chi connectivity index (χ3v) is 4.39. The molecule has 1 aromatic carbocycles. The summed E-state index contributed by atoms with van der Waals surface area (Å²) in [5, 5.41) is -0.570. The van der Waals surface area contributed by atoms with E-state index in [-0.39, 0.29) is 13.0 Å². The number of anilines is 1. The number of halogens is 5. The SMILES string of the molecule is O=C1CC(CS(=O)(=O)F)CN1c1cccc(Cl)c1C(F)(F)F. The molecule has 1 unspecified atom stereocenters. The van der Waals surface area contributed by atoms with E-state index in [1.807, 2.05) is 0 Å². The number of hydrogen-bond donors (Lipinski definition) is 0. The Morgan fingerprint density at radius 2 is 1.95 bits per heavy atom. The van der Waals surface area contributed by atoms with Crippen LogP contribution in [0.25, 0.3) is 0 Å². The van der Waals surface area contributed by atoms with Crippen LogP contribution in [0.2, 0.25) is 5.02 Å².